The summed E-state index contributed by atoms with van der Waals surface area (Å²) in [6.45, 7) is 4.24. The van der Waals surface area contributed by atoms with E-state index < -0.39 is 0 Å². The van der Waals surface area contributed by atoms with E-state index in [1.165, 1.54) is 12.8 Å². The first-order valence-electron chi connectivity index (χ1n) is 10.1. The van der Waals surface area contributed by atoms with E-state index in [0.29, 0.717) is 11.6 Å². The zero-order valence-corrected chi connectivity index (χ0v) is 15.9. The summed E-state index contributed by atoms with van der Waals surface area (Å²) in [5.74, 6) is 1.63. The van der Waals surface area contributed by atoms with Crippen molar-refractivity contribution in [2.75, 3.05) is 32.9 Å². The zero-order valence-electron chi connectivity index (χ0n) is 15.9. The van der Waals surface area contributed by atoms with Crippen molar-refractivity contribution in [3.05, 3.63) is 18.0 Å². The van der Waals surface area contributed by atoms with Crippen LogP contribution in [0.2, 0.25) is 0 Å². The van der Waals surface area contributed by atoms with Crippen LogP contribution >= 0.6 is 0 Å². The molecule has 6 nitrogen and oxygen atoms in total. The predicted octanol–water partition coefficient (Wildman–Crippen LogP) is 2.64. The SMILES string of the molecule is Cn1nccc1C(=O)N1CCC2(CC1)CC(CCOCC1CC1)CCO2. The summed E-state index contributed by atoms with van der Waals surface area (Å²) >= 11 is 0. The van der Waals surface area contributed by atoms with E-state index >= 15 is 0 Å². The lowest BCUT2D eigenvalue weighted by Crippen LogP contribution is -2.51. The van der Waals surface area contributed by atoms with Gasteiger partial charge in [-0.15, -0.1) is 0 Å². The number of carbonyl (C=O) groups is 1. The number of piperidine rings is 1. The fourth-order valence-electron chi connectivity index (χ4n) is 4.37. The van der Waals surface area contributed by atoms with E-state index in [0.717, 1.165) is 70.9 Å². The van der Waals surface area contributed by atoms with Crippen LogP contribution in [-0.2, 0) is 16.5 Å². The minimum Gasteiger partial charge on any atom is -0.381 e. The van der Waals surface area contributed by atoms with Crippen LogP contribution < -0.4 is 0 Å². The third-order valence-corrected chi connectivity index (χ3v) is 6.32. The lowest BCUT2D eigenvalue weighted by molar-refractivity contribution is -0.126. The number of rotatable bonds is 6. The molecule has 1 aromatic rings. The molecule has 4 rings (SSSR count). The van der Waals surface area contributed by atoms with Crippen molar-refractivity contribution in [2.24, 2.45) is 18.9 Å². The lowest BCUT2D eigenvalue weighted by Gasteiger charge is -2.46. The van der Waals surface area contributed by atoms with Crippen molar-refractivity contribution in [1.82, 2.24) is 14.7 Å². The molecule has 6 heteroatoms. The molecule has 0 N–H and O–H groups in total. The third-order valence-electron chi connectivity index (χ3n) is 6.32. The van der Waals surface area contributed by atoms with Gasteiger partial charge in [0.25, 0.3) is 5.91 Å². The highest BCUT2D eigenvalue weighted by atomic mass is 16.5. The minimum atomic E-state index is -0.0252. The number of hydrogen-bond acceptors (Lipinski definition) is 4. The minimum absolute atomic E-state index is 0.0252. The molecule has 3 aliphatic rings. The van der Waals surface area contributed by atoms with Gasteiger partial charge in [-0.25, -0.2) is 0 Å². The zero-order chi connectivity index (χ0) is 18.0. The fourth-order valence-corrected chi connectivity index (χ4v) is 4.37. The Morgan fingerprint density at radius 1 is 1.31 bits per heavy atom. The number of likely N-dealkylation sites (tertiary alicyclic amines) is 1. The number of aromatic nitrogens is 2. The first kappa shape index (κ1) is 18.0. The summed E-state index contributed by atoms with van der Waals surface area (Å²) in [5.41, 5.74) is 0.638. The molecule has 3 heterocycles. The van der Waals surface area contributed by atoms with Crippen LogP contribution in [0.3, 0.4) is 0 Å². The topological polar surface area (TPSA) is 56.6 Å². The second-order valence-electron chi connectivity index (χ2n) is 8.33. The van der Waals surface area contributed by atoms with Gasteiger partial charge in [0.15, 0.2) is 0 Å². The molecule has 1 aromatic heterocycles. The molecular formula is C20H31N3O3. The molecule has 0 aromatic carbocycles. The molecule has 144 valence electrons. The van der Waals surface area contributed by atoms with Crippen molar-refractivity contribution in [3.8, 4) is 0 Å². The van der Waals surface area contributed by atoms with E-state index in [9.17, 15) is 4.79 Å². The van der Waals surface area contributed by atoms with Gasteiger partial charge in [-0.2, -0.15) is 5.10 Å². The van der Waals surface area contributed by atoms with Crippen molar-refractivity contribution in [1.29, 1.82) is 0 Å². The Morgan fingerprint density at radius 3 is 2.81 bits per heavy atom. The molecule has 1 spiro atoms. The van der Waals surface area contributed by atoms with Gasteiger partial charge >= 0.3 is 0 Å². The van der Waals surface area contributed by atoms with Gasteiger partial charge in [0.2, 0.25) is 0 Å². The Labute approximate surface area is 155 Å². The van der Waals surface area contributed by atoms with E-state index in [1.54, 1.807) is 16.9 Å². The summed E-state index contributed by atoms with van der Waals surface area (Å²) in [5, 5.41) is 4.11. The summed E-state index contributed by atoms with van der Waals surface area (Å²) in [6, 6.07) is 1.79. The highest BCUT2D eigenvalue weighted by molar-refractivity contribution is 5.92. The molecule has 1 unspecified atom stereocenters. The molecular weight excluding hydrogens is 330 g/mol. The maximum Gasteiger partial charge on any atom is 0.272 e. The van der Waals surface area contributed by atoms with Gasteiger partial charge in [0.1, 0.15) is 5.69 Å². The highest BCUT2D eigenvalue weighted by Gasteiger charge is 2.41. The van der Waals surface area contributed by atoms with Gasteiger partial charge in [-0.1, -0.05) is 0 Å². The molecule has 0 bridgehead atoms. The average Bonchev–Trinajstić information content (AvgIpc) is 3.38. The molecule has 1 saturated carbocycles. The number of nitrogens with zero attached hydrogens (tertiary/aromatic N) is 3. The Morgan fingerprint density at radius 2 is 2.12 bits per heavy atom. The number of carbonyl (C=O) groups excluding carboxylic acids is 1. The second kappa shape index (κ2) is 7.69. The fraction of sp³-hybridized carbons (Fsp3) is 0.800. The Hall–Kier alpha value is -1.40. The maximum absolute atomic E-state index is 12.7. The number of hydrogen-bond donors (Lipinski definition) is 0. The highest BCUT2D eigenvalue weighted by Crippen LogP contribution is 2.39. The van der Waals surface area contributed by atoms with Crippen LogP contribution in [-0.4, -0.2) is 59.1 Å². The van der Waals surface area contributed by atoms with Crippen molar-refractivity contribution in [2.45, 2.75) is 50.5 Å². The van der Waals surface area contributed by atoms with Gasteiger partial charge in [-0.05, 0) is 62.8 Å². The van der Waals surface area contributed by atoms with Gasteiger partial charge in [-0.3, -0.25) is 9.48 Å². The first-order valence-corrected chi connectivity index (χ1v) is 10.1. The monoisotopic (exact) mass is 361 g/mol. The first-order chi connectivity index (χ1) is 12.7. The van der Waals surface area contributed by atoms with Crippen LogP contribution in [0.5, 0.6) is 0 Å². The second-order valence-corrected chi connectivity index (χ2v) is 8.33. The summed E-state index contributed by atoms with van der Waals surface area (Å²) < 4.78 is 13.7. The Bertz CT molecular complexity index is 618. The smallest absolute Gasteiger partial charge is 0.272 e. The van der Waals surface area contributed by atoms with E-state index in [2.05, 4.69) is 5.10 Å². The molecule has 1 amide bonds. The molecule has 2 saturated heterocycles. The van der Waals surface area contributed by atoms with Crippen LogP contribution in [0.4, 0.5) is 0 Å². The summed E-state index contributed by atoms with van der Waals surface area (Å²) in [6.07, 6.45) is 9.68. The van der Waals surface area contributed by atoms with Crippen molar-refractivity contribution in [3.63, 3.8) is 0 Å². The van der Waals surface area contributed by atoms with Crippen LogP contribution in [0.1, 0.15) is 55.4 Å². The van der Waals surface area contributed by atoms with Crippen LogP contribution in [0.15, 0.2) is 12.3 Å². The number of ether oxygens (including phenoxy) is 2. The van der Waals surface area contributed by atoms with Crippen molar-refractivity contribution >= 4 is 5.91 Å². The van der Waals surface area contributed by atoms with E-state index in [1.807, 2.05) is 11.9 Å². The normalized spacial score (nSPS) is 25.6. The molecule has 3 fully saturated rings. The largest absolute Gasteiger partial charge is 0.381 e. The Kier molecular flexibility index (Phi) is 5.32. The number of amides is 1. The molecule has 2 aliphatic heterocycles. The Balaban J connectivity index is 1.25. The van der Waals surface area contributed by atoms with Gasteiger partial charge in [0.05, 0.1) is 5.60 Å². The molecule has 1 atom stereocenters. The quantitative estimate of drug-likeness (QED) is 0.731. The number of aryl methyl sites for hydroxylation is 1. The summed E-state index contributed by atoms with van der Waals surface area (Å²) in [7, 11) is 1.82. The third kappa shape index (κ3) is 4.12. The standard InChI is InChI=1S/C20H31N3O3/c1-22-18(4-9-21-22)19(24)23-10-7-20(8-11-23)14-16(6-13-26-20)5-12-25-15-17-2-3-17/h4,9,16-17H,2-3,5-8,10-15H2,1H3. The van der Waals surface area contributed by atoms with Crippen molar-refractivity contribution < 1.29 is 14.3 Å². The average molecular weight is 361 g/mol. The maximum atomic E-state index is 12.7. The van der Waals surface area contributed by atoms with E-state index in [-0.39, 0.29) is 11.5 Å². The lowest BCUT2D eigenvalue weighted by atomic mass is 9.78. The van der Waals surface area contributed by atoms with Gasteiger partial charge in [0, 0.05) is 46.2 Å². The van der Waals surface area contributed by atoms with E-state index in [4.69, 9.17) is 9.47 Å². The summed E-state index contributed by atoms with van der Waals surface area (Å²) in [4.78, 5) is 14.6. The van der Waals surface area contributed by atoms with Crippen LogP contribution in [0, 0.1) is 11.8 Å². The molecule has 26 heavy (non-hydrogen) atoms. The van der Waals surface area contributed by atoms with Crippen LogP contribution in [0.25, 0.3) is 0 Å². The van der Waals surface area contributed by atoms with Gasteiger partial charge < -0.3 is 14.4 Å². The molecule has 0 radical (unpaired) electrons. The predicted molar refractivity (Wildman–Crippen MR) is 97.9 cm³/mol. The molecule has 1 aliphatic carbocycles.